The number of hydrogen-bond donors (Lipinski definition) is 0. The largest absolute Gasteiger partial charge is 0.453 e. The zero-order valence-corrected chi connectivity index (χ0v) is 19.9. The number of carbonyl (C=O) groups excluding carboxylic acids is 1. The molecule has 2 radical (unpaired) electrons. The molecule has 0 aliphatic heterocycles. The molecule has 0 N–H and O–H groups in total. The van der Waals surface area contributed by atoms with Gasteiger partial charge in [-0.25, -0.2) is 4.39 Å². The van der Waals surface area contributed by atoms with Gasteiger partial charge in [-0.05, 0) is 48.8 Å². The molecule has 1 unspecified atom stereocenters. The van der Waals surface area contributed by atoms with E-state index in [1.54, 1.807) is 44.2 Å². The van der Waals surface area contributed by atoms with E-state index in [4.69, 9.17) is 16.7 Å². The van der Waals surface area contributed by atoms with Crippen molar-refractivity contribution in [3.63, 3.8) is 0 Å². The number of Topliss-reactive ketones (excluding diaryl/α,β-unsaturated/α-hetero) is 1. The van der Waals surface area contributed by atoms with Crippen molar-refractivity contribution < 1.29 is 18.0 Å². The van der Waals surface area contributed by atoms with Crippen LogP contribution in [0.1, 0.15) is 39.7 Å². The highest BCUT2D eigenvalue weighted by Crippen LogP contribution is 2.40. The fraction of sp³-hybridized carbons (Fsp3) is 0.111. The van der Waals surface area contributed by atoms with Crippen LogP contribution in [-0.2, 0) is 0 Å². The fourth-order valence-electron chi connectivity index (χ4n) is 4.34. The van der Waals surface area contributed by atoms with Crippen LogP contribution < -0.4 is 10.8 Å². The molecule has 0 saturated carbocycles. The Kier molecular flexibility index (Phi) is 5.19. The molecule has 0 spiro atoms. The summed E-state index contributed by atoms with van der Waals surface area (Å²) in [7, 11) is 8.75. The molecule has 5 rings (SSSR count). The van der Waals surface area contributed by atoms with E-state index in [0.717, 1.165) is 16.4 Å². The van der Waals surface area contributed by atoms with Crippen molar-refractivity contribution in [3.8, 4) is 17.4 Å². The summed E-state index contributed by atoms with van der Waals surface area (Å²) in [5, 5.41) is 10.2. The SMILES string of the molecule is [B]c1c(P)c(C)c(C)c(F)c1-c1cc2oc(/C=C3\C(=O)c4ccccc4\C3=C(/C)C#N)cc2o1. The summed E-state index contributed by atoms with van der Waals surface area (Å²) < 4.78 is 26.8. The highest BCUT2D eigenvalue weighted by Gasteiger charge is 2.31. The molecule has 34 heavy (non-hydrogen) atoms. The quantitative estimate of drug-likeness (QED) is 0.174. The van der Waals surface area contributed by atoms with Gasteiger partial charge in [0.15, 0.2) is 16.9 Å². The van der Waals surface area contributed by atoms with Gasteiger partial charge in [-0.1, -0.05) is 29.7 Å². The van der Waals surface area contributed by atoms with E-state index in [-0.39, 0.29) is 17.1 Å². The van der Waals surface area contributed by atoms with Crippen LogP contribution in [0.5, 0.6) is 0 Å². The second-order valence-electron chi connectivity index (χ2n) is 8.30. The molecule has 2 aromatic heterocycles. The van der Waals surface area contributed by atoms with E-state index in [2.05, 4.69) is 15.3 Å². The van der Waals surface area contributed by atoms with Crippen molar-refractivity contribution in [2.24, 2.45) is 0 Å². The van der Waals surface area contributed by atoms with Gasteiger partial charge in [-0.15, -0.1) is 9.24 Å². The minimum atomic E-state index is -0.434. The summed E-state index contributed by atoms with van der Waals surface area (Å²) in [6.07, 6.45) is 1.61. The van der Waals surface area contributed by atoms with E-state index in [9.17, 15) is 10.1 Å². The molecule has 2 aromatic carbocycles. The number of allylic oxidation sites excluding steroid dienone is 3. The summed E-state index contributed by atoms with van der Waals surface area (Å²) in [4.78, 5) is 13.1. The summed E-state index contributed by atoms with van der Waals surface area (Å²) >= 11 is 0. The van der Waals surface area contributed by atoms with Crippen LogP contribution in [0.2, 0.25) is 0 Å². The number of ketones is 1. The van der Waals surface area contributed by atoms with Crippen LogP contribution in [0.4, 0.5) is 4.39 Å². The molecule has 1 aliphatic rings. The lowest BCUT2D eigenvalue weighted by atomic mass is 9.85. The van der Waals surface area contributed by atoms with E-state index in [1.165, 1.54) is 0 Å². The fourth-order valence-corrected chi connectivity index (χ4v) is 4.70. The summed E-state index contributed by atoms with van der Waals surface area (Å²) in [6, 6.07) is 12.6. The molecular weight excluding hydrogens is 447 g/mol. The number of nitriles is 1. The lowest BCUT2D eigenvalue weighted by molar-refractivity contribution is 0.104. The smallest absolute Gasteiger partial charge is 0.194 e. The molecule has 4 aromatic rings. The number of carbonyl (C=O) groups is 1. The van der Waals surface area contributed by atoms with Gasteiger partial charge in [-0.2, -0.15) is 5.26 Å². The molecule has 0 amide bonds. The van der Waals surface area contributed by atoms with E-state index >= 15 is 4.39 Å². The molecule has 164 valence electrons. The van der Waals surface area contributed by atoms with E-state index in [0.29, 0.717) is 50.2 Å². The van der Waals surface area contributed by atoms with Crippen LogP contribution >= 0.6 is 9.24 Å². The molecule has 7 heteroatoms. The number of fused-ring (bicyclic) bond motifs is 2. The Morgan fingerprint density at radius 2 is 1.79 bits per heavy atom. The average Bonchev–Trinajstić information content (AvgIpc) is 3.47. The first-order chi connectivity index (χ1) is 16.2. The lowest BCUT2D eigenvalue weighted by Crippen LogP contribution is -2.27. The maximum Gasteiger partial charge on any atom is 0.194 e. The predicted molar refractivity (Wildman–Crippen MR) is 135 cm³/mol. The zero-order valence-electron chi connectivity index (χ0n) is 18.7. The Balaban J connectivity index is 1.61. The number of furan rings is 2. The number of nitrogens with zero attached hydrogens (tertiary/aromatic N) is 1. The number of hydrogen-bond acceptors (Lipinski definition) is 4. The minimum absolute atomic E-state index is 0.174. The normalized spacial score (nSPS) is 15.8. The highest BCUT2D eigenvalue weighted by atomic mass is 31.0. The van der Waals surface area contributed by atoms with Crippen LogP contribution in [0.3, 0.4) is 0 Å². The van der Waals surface area contributed by atoms with Gasteiger partial charge in [0.1, 0.15) is 25.2 Å². The van der Waals surface area contributed by atoms with Crippen molar-refractivity contribution >= 4 is 56.5 Å². The molecule has 0 bridgehead atoms. The Labute approximate surface area is 199 Å². The van der Waals surface area contributed by atoms with Crippen molar-refractivity contribution in [1.29, 1.82) is 5.26 Å². The van der Waals surface area contributed by atoms with Crippen molar-refractivity contribution in [2.75, 3.05) is 0 Å². The van der Waals surface area contributed by atoms with Gasteiger partial charge in [0.2, 0.25) is 0 Å². The second kappa shape index (κ2) is 7.97. The van der Waals surface area contributed by atoms with Crippen molar-refractivity contribution in [3.05, 3.63) is 81.4 Å². The van der Waals surface area contributed by atoms with Crippen LogP contribution in [0.15, 0.2) is 56.4 Å². The van der Waals surface area contributed by atoms with Gasteiger partial charge >= 0.3 is 0 Å². The Morgan fingerprint density at radius 3 is 2.47 bits per heavy atom. The number of benzene rings is 2. The third kappa shape index (κ3) is 3.20. The van der Waals surface area contributed by atoms with Crippen LogP contribution in [-0.4, -0.2) is 13.6 Å². The van der Waals surface area contributed by atoms with Gasteiger partial charge in [-0.3, -0.25) is 4.79 Å². The molecule has 2 heterocycles. The second-order valence-corrected chi connectivity index (χ2v) is 8.88. The summed E-state index contributed by atoms with van der Waals surface area (Å²) in [5.74, 6) is 0.0443. The number of rotatable bonds is 2. The Hall–Kier alpha value is -3.68. The predicted octanol–water partition coefficient (Wildman–Crippen LogP) is 5.32. The molecule has 4 nitrogen and oxygen atoms in total. The van der Waals surface area contributed by atoms with Crippen molar-refractivity contribution in [2.45, 2.75) is 20.8 Å². The van der Waals surface area contributed by atoms with Crippen LogP contribution in [0.25, 0.3) is 34.1 Å². The lowest BCUT2D eigenvalue weighted by Gasteiger charge is -2.14. The van der Waals surface area contributed by atoms with E-state index in [1.807, 2.05) is 19.1 Å². The Morgan fingerprint density at radius 1 is 1.12 bits per heavy atom. The monoisotopic (exact) mass is 465 g/mol. The third-order valence-electron chi connectivity index (χ3n) is 6.33. The number of halogens is 1. The van der Waals surface area contributed by atoms with Gasteiger partial charge in [0.05, 0.1) is 6.07 Å². The maximum atomic E-state index is 15.0. The molecule has 0 saturated heterocycles. The highest BCUT2D eigenvalue weighted by molar-refractivity contribution is 7.28. The molecule has 1 atom stereocenters. The zero-order chi connectivity index (χ0) is 24.3. The van der Waals surface area contributed by atoms with Gasteiger partial charge < -0.3 is 8.83 Å². The average molecular weight is 465 g/mol. The first-order valence-corrected chi connectivity index (χ1v) is 11.1. The van der Waals surface area contributed by atoms with Gasteiger partial charge in [0, 0.05) is 40.0 Å². The first-order valence-electron chi connectivity index (χ1n) is 10.6. The topological polar surface area (TPSA) is 67.1 Å². The van der Waals surface area contributed by atoms with E-state index < -0.39 is 5.82 Å². The minimum Gasteiger partial charge on any atom is -0.453 e. The molecule has 1 aliphatic carbocycles. The third-order valence-corrected chi connectivity index (χ3v) is 7.08. The van der Waals surface area contributed by atoms with Crippen LogP contribution in [0, 0.1) is 31.0 Å². The van der Waals surface area contributed by atoms with Crippen molar-refractivity contribution in [1.82, 2.24) is 0 Å². The van der Waals surface area contributed by atoms with Gasteiger partial charge in [0.25, 0.3) is 0 Å². The first kappa shape index (κ1) is 22.1. The summed E-state index contributed by atoms with van der Waals surface area (Å²) in [5.41, 5.74) is 5.24. The maximum absolute atomic E-state index is 15.0. The summed E-state index contributed by atoms with van der Waals surface area (Å²) in [6.45, 7) is 5.19. The molecular formula is C27H18BFNO3P. The Bertz CT molecular complexity index is 1590. The standard InChI is InChI=1S/C27H18BFNO3P/c1-12(11-30)22-16-6-4-5-7-17(16)26(31)18(22)8-15-9-19-20(32-15)10-21(33-19)23-24(28)27(34)14(3)13(2)25(23)29/h4-10H,34H2,1-3H3/b18-8-,22-12-. The molecule has 0 fully saturated rings.